The van der Waals surface area contributed by atoms with Gasteiger partial charge in [-0.1, -0.05) is 23.5 Å². The molecule has 3 aromatic rings. The Morgan fingerprint density at radius 2 is 1.96 bits per heavy atom. The molecule has 0 bridgehead atoms. The van der Waals surface area contributed by atoms with Gasteiger partial charge in [-0.25, -0.2) is 9.78 Å². The quantitative estimate of drug-likeness (QED) is 0.701. The van der Waals surface area contributed by atoms with E-state index in [1.165, 1.54) is 16.9 Å². The van der Waals surface area contributed by atoms with Crippen LogP contribution >= 0.6 is 11.3 Å². The molecule has 144 valence electrons. The monoisotopic (exact) mass is 394 g/mol. The summed E-state index contributed by atoms with van der Waals surface area (Å²) >= 11 is 1.44. The zero-order valence-corrected chi connectivity index (χ0v) is 16.9. The Labute approximate surface area is 167 Å². The SMILES string of the molecule is Cc1ccc2nc(NC(=O)N[C@H]3CC(=O)N(c4ccc(C)c(C)c4)C3)sc2c1. The van der Waals surface area contributed by atoms with Crippen molar-refractivity contribution >= 4 is 44.3 Å². The number of fused-ring (bicyclic) bond motifs is 1. The molecule has 3 amide bonds. The molecule has 0 aliphatic carbocycles. The molecule has 1 saturated heterocycles. The standard InChI is InChI=1S/C21H22N4O2S/c1-12-4-7-17-18(8-12)28-21(23-17)24-20(27)22-15-10-19(26)25(11-15)16-6-5-13(2)14(3)9-16/h4-9,15H,10-11H2,1-3H3,(H2,22,23,24,27)/t15-/m0/s1. The first-order valence-electron chi connectivity index (χ1n) is 9.21. The Bertz CT molecular complexity index is 1080. The lowest BCUT2D eigenvalue weighted by molar-refractivity contribution is -0.117. The number of aromatic nitrogens is 1. The molecule has 2 aromatic carbocycles. The van der Waals surface area contributed by atoms with Crippen molar-refractivity contribution < 1.29 is 9.59 Å². The van der Waals surface area contributed by atoms with Crippen LogP contribution in [0.1, 0.15) is 23.1 Å². The topological polar surface area (TPSA) is 74.3 Å². The number of urea groups is 1. The number of rotatable bonds is 3. The third kappa shape index (κ3) is 3.71. The van der Waals surface area contributed by atoms with Crippen LogP contribution in [0.25, 0.3) is 10.2 Å². The number of anilines is 2. The van der Waals surface area contributed by atoms with Crippen molar-refractivity contribution in [3.8, 4) is 0 Å². The zero-order chi connectivity index (χ0) is 19.8. The number of hydrogen-bond acceptors (Lipinski definition) is 4. The number of nitrogens with zero attached hydrogens (tertiary/aromatic N) is 2. The number of carbonyl (C=O) groups excluding carboxylic acids is 2. The maximum absolute atomic E-state index is 12.4. The Balaban J connectivity index is 1.40. The highest BCUT2D eigenvalue weighted by Gasteiger charge is 2.31. The molecule has 0 spiro atoms. The molecule has 1 aromatic heterocycles. The largest absolute Gasteiger partial charge is 0.333 e. The maximum atomic E-state index is 12.4. The van der Waals surface area contributed by atoms with E-state index in [0.29, 0.717) is 18.1 Å². The fourth-order valence-electron chi connectivity index (χ4n) is 3.35. The molecule has 1 aliphatic heterocycles. The lowest BCUT2D eigenvalue weighted by Gasteiger charge is -2.18. The molecule has 1 aliphatic rings. The first kappa shape index (κ1) is 18.4. The Kier molecular flexibility index (Phi) is 4.77. The van der Waals surface area contributed by atoms with Crippen LogP contribution in [-0.4, -0.2) is 29.5 Å². The van der Waals surface area contributed by atoms with Crippen LogP contribution in [0.15, 0.2) is 36.4 Å². The highest BCUT2D eigenvalue weighted by molar-refractivity contribution is 7.22. The van der Waals surface area contributed by atoms with Crippen molar-refractivity contribution in [3.05, 3.63) is 53.1 Å². The third-order valence-corrected chi connectivity index (χ3v) is 5.96. The summed E-state index contributed by atoms with van der Waals surface area (Å²) in [5.74, 6) is 0.0176. The molecule has 2 N–H and O–H groups in total. The highest BCUT2D eigenvalue weighted by atomic mass is 32.1. The van der Waals surface area contributed by atoms with Gasteiger partial charge in [-0.05, 0) is 61.7 Å². The average Bonchev–Trinajstić information content (AvgIpc) is 3.19. The Morgan fingerprint density at radius 3 is 2.75 bits per heavy atom. The fourth-order valence-corrected chi connectivity index (χ4v) is 4.31. The van der Waals surface area contributed by atoms with Gasteiger partial charge in [0.15, 0.2) is 5.13 Å². The minimum atomic E-state index is -0.337. The number of benzene rings is 2. The summed E-state index contributed by atoms with van der Waals surface area (Å²) in [6.07, 6.45) is 0.291. The van der Waals surface area contributed by atoms with E-state index < -0.39 is 0 Å². The number of carbonyl (C=O) groups is 2. The van der Waals surface area contributed by atoms with Gasteiger partial charge in [0, 0.05) is 18.7 Å². The summed E-state index contributed by atoms with van der Waals surface area (Å²) in [4.78, 5) is 31.0. The van der Waals surface area contributed by atoms with Crippen molar-refractivity contribution in [2.24, 2.45) is 0 Å². The molecule has 6 nitrogen and oxygen atoms in total. The average molecular weight is 395 g/mol. The van der Waals surface area contributed by atoms with Crippen molar-refractivity contribution in [1.82, 2.24) is 10.3 Å². The maximum Gasteiger partial charge on any atom is 0.321 e. The number of nitrogens with one attached hydrogen (secondary N) is 2. The van der Waals surface area contributed by atoms with E-state index in [-0.39, 0.29) is 18.0 Å². The van der Waals surface area contributed by atoms with Crippen molar-refractivity contribution in [3.63, 3.8) is 0 Å². The molecule has 1 atom stereocenters. The lowest BCUT2D eigenvalue weighted by Crippen LogP contribution is -2.39. The normalized spacial score (nSPS) is 16.6. The number of thiazole rings is 1. The van der Waals surface area contributed by atoms with E-state index in [0.717, 1.165) is 27.0 Å². The van der Waals surface area contributed by atoms with Gasteiger partial charge in [0.1, 0.15) is 0 Å². The van der Waals surface area contributed by atoms with Crippen LogP contribution < -0.4 is 15.5 Å². The van der Waals surface area contributed by atoms with Crippen molar-refractivity contribution in [2.45, 2.75) is 33.2 Å². The molecule has 7 heteroatoms. The van der Waals surface area contributed by atoms with Gasteiger partial charge in [0.25, 0.3) is 0 Å². The smallest absolute Gasteiger partial charge is 0.321 e. The Morgan fingerprint density at radius 1 is 1.14 bits per heavy atom. The van der Waals surface area contributed by atoms with Crippen molar-refractivity contribution in [1.29, 1.82) is 0 Å². The first-order chi connectivity index (χ1) is 13.4. The molecule has 0 unspecified atom stereocenters. The van der Waals surface area contributed by atoms with Gasteiger partial charge in [0.05, 0.1) is 16.3 Å². The van der Waals surface area contributed by atoms with Gasteiger partial charge in [-0.2, -0.15) is 0 Å². The molecule has 1 fully saturated rings. The summed E-state index contributed by atoms with van der Waals surface area (Å²) in [6, 6.07) is 11.4. The van der Waals surface area contributed by atoms with E-state index in [1.807, 2.05) is 57.2 Å². The molecular weight excluding hydrogens is 372 g/mol. The van der Waals surface area contributed by atoms with Crippen LogP contribution in [0.2, 0.25) is 0 Å². The summed E-state index contributed by atoms with van der Waals surface area (Å²) in [7, 11) is 0. The summed E-state index contributed by atoms with van der Waals surface area (Å²) in [5, 5.41) is 6.23. The summed E-state index contributed by atoms with van der Waals surface area (Å²) in [6.45, 7) is 6.57. The number of aryl methyl sites for hydroxylation is 3. The van der Waals surface area contributed by atoms with Crippen LogP contribution in [0.4, 0.5) is 15.6 Å². The highest BCUT2D eigenvalue weighted by Crippen LogP contribution is 2.27. The molecule has 4 rings (SSSR count). The fraction of sp³-hybridized carbons (Fsp3) is 0.286. The summed E-state index contributed by atoms with van der Waals surface area (Å²) < 4.78 is 1.03. The van der Waals surface area contributed by atoms with E-state index in [1.54, 1.807) is 4.90 Å². The minimum absolute atomic E-state index is 0.0176. The van der Waals surface area contributed by atoms with Gasteiger partial charge in [-0.15, -0.1) is 0 Å². The summed E-state index contributed by atoms with van der Waals surface area (Å²) in [5.41, 5.74) is 5.23. The second kappa shape index (κ2) is 7.24. The predicted octanol–water partition coefficient (Wildman–Crippen LogP) is 4.15. The minimum Gasteiger partial charge on any atom is -0.333 e. The van der Waals surface area contributed by atoms with Gasteiger partial charge in [0.2, 0.25) is 5.91 Å². The van der Waals surface area contributed by atoms with Crippen LogP contribution in [-0.2, 0) is 4.79 Å². The van der Waals surface area contributed by atoms with Crippen LogP contribution in [0.3, 0.4) is 0 Å². The van der Waals surface area contributed by atoms with Crippen LogP contribution in [0.5, 0.6) is 0 Å². The van der Waals surface area contributed by atoms with Gasteiger partial charge < -0.3 is 10.2 Å². The van der Waals surface area contributed by atoms with E-state index in [2.05, 4.69) is 15.6 Å². The second-order valence-corrected chi connectivity index (χ2v) is 8.29. The van der Waals surface area contributed by atoms with E-state index in [9.17, 15) is 9.59 Å². The molecule has 0 saturated carbocycles. The molecule has 0 radical (unpaired) electrons. The number of hydrogen-bond donors (Lipinski definition) is 2. The molecular formula is C21H22N4O2S. The van der Waals surface area contributed by atoms with E-state index >= 15 is 0 Å². The van der Waals surface area contributed by atoms with Crippen molar-refractivity contribution in [2.75, 3.05) is 16.8 Å². The molecule has 2 heterocycles. The van der Waals surface area contributed by atoms with E-state index in [4.69, 9.17) is 0 Å². The number of amides is 3. The van der Waals surface area contributed by atoms with Gasteiger partial charge in [-0.3, -0.25) is 10.1 Å². The Hall–Kier alpha value is -2.93. The third-order valence-electron chi connectivity index (χ3n) is 5.03. The molecule has 28 heavy (non-hydrogen) atoms. The lowest BCUT2D eigenvalue weighted by atomic mass is 10.1. The second-order valence-electron chi connectivity index (χ2n) is 7.26. The van der Waals surface area contributed by atoms with Crippen LogP contribution in [0, 0.1) is 20.8 Å². The first-order valence-corrected chi connectivity index (χ1v) is 10.0. The predicted molar refractivity (Wildman–Crippen MR) is 113 cm³/mol. The zero-order valence-electron chi connectivity index (χ0n) is 16.1. The van der Waals surface area contributed by atoms with Gasteiger partial charge >= 0.3 is 6.03 Å².